The van der Waals surface area contributed by atoms with Gasteiger partial charge >= 0.3 is 5.97 Å². The molecule has 0 spiro atoms. The van der Waals surface area contributed by atoms with Gasteiger partial charge in [-0.15, -0.1) is 22.7 Å². The fraction of sp³-hybridized carbons (Fsp3) is 0.167. The van der Waals surface area contributed by atoms with Gasteiger partial charge in [0, 0.05) is 11.6 Å². The van der Waals surface area contributed by atoms with Gasteiger partial charge < -0.3 is 4.74 Å². The fourth-order valence-corrected chi connectivity index (χ4v) is 4.25. The van der Waals surface area contributed by atoms with Crippen molar-refractivity contribution in [1.82, 2.24) is 14.4 Å². The lowest BCUT2D eigenvalue weighted by molar-refractivity contribution is -0.142. The number of anilines is 1. The molecule has 28 heavy (non-hydrogen) atoms. The average molecular weight is 414 g/mol. The topological polar surface area (TPSA) is 103 Å². The van der Waals surface area contributed by atoms with Gasteiger partial charge in [-0.2, -0.15) is 0 Å². The Morgan fingerprint density at radius 2 is 2.14 bits per heavy atom. The van der Waals surface area contributed by atoms with Crippen LogP contribution < -0.4 is 10.9 Å². The fourth-order valence-electron chi connectivity index (χ4n) is 2.62. The molecule has 142 valence electrons. The summed E-state index contributed by atoms with van der Waals surface area (Å²) in [6, 6.07) is 6.82. The first-order chi connectivity index (χ1) is 13.5. The van der Waals surface area contributed by atoms with E-state index in [2.05, 4.69) is 15.3 Å². The van der Waals surface area contributed by atoms with Gasteiger partial charge in [0.2, 0.25) is 0 Å². The quantitative estimate of drug-likeness (QED) is 0.504. The van der Waals surface area contributed by atoms with Gasteiger partial charge in [0.15, 0.2) is 5.13 Å². The smallest absolute Gasteiger partial charge is 0.311 e. The van der Waals surface area contributed by atoms with Crippen molar-refractivity contribution in [2.75, 3.05) is 11.9 Å². The van der Waals surface area contributed by atoms with Gasteiger partial charge in [0.05, 0.1) is 29.0 Å². The lowest BCUT2D eigenvalue weighted by Gasteiger charge is -1.99. The normalized spacial score (nSPS) is 11.0. The lowest BCUT2D eigenvalue weighted by atomic mass is 10.3. The van der Waals surface area contributed by atoms with Crippen LogP contribution in [0.25, 0.3) is 15.9 Å². The van der Waals surface area contributed by atoms with E-state index in [9.17, 15) is 14.4 Å². The molecule has 1 N–H and O–H groups in total. The summed E-state index contributed by atoms with van der Waals surface area (Å²) >= 11 is 2.36. The third-order valence-electron chi connectivity index (χ3n) is 3.84. The van der Waals surface area contributed by atoms with Gasteiger partial charge in [-0.05, 0) is 25.1 Å². The Bertz CT molecular complexity index is 1260. The Morgan fingerprint density at radius 3 is 2.96 bits per heavy atom. The van der Waals surface area contributed by atoms with Crippen LogP contribution in [0.15, 0.2) is 40.6 Å². The number of fused-ring (bicyclic) bond motifs is 2. The van der Waals surface area contributed by atoms with E-state index < -0.39 is 0 Å². The van der Waals surface area contributed by atoms with E-state index in [1.54, 1.807) is 36.7 Å². The monoisotopic (exact) mass is 414 g/mol. The zero-order valence-electron chi connectivity index (χ0n) is 14.7. The number of amides is 1. The van der Waals surface area contributed by atoms with Gasteiger partial charge in [0.1, 0.15) is 10.5 Å². The highest BCUT2D eigenvalue weighted by Gasteiger charge is 2.16. The summed E-state index contributed by atoms with van der Waals surface area (Å²) in [7, 11) is 0. The highest BCUT2D eigenvalue weighted by Crippen LogP contribution is 2.24. The minimum absolute atomic E-state index is 0.0520. The van der Waals surface area contributed by atoms with Crippen molar-refractivity contribution < 1.29 is 14.3 Å². The molecule has 4 aromatic heterocycles. The second kappa shape index (κ2) is 7.49. The number of carbonyl (C=O) groups excluding carboxylic acids is 2. The summed E-state index contributed by atoms with van der Waals surface area (Å²) in [5.41, 5.74) is 0.834. The molecule has 0 fully saturated rings. The number of pyridine rings is 1. The SMILES string of the molecule is CCOC(=O)Cc1csc(NC(=O)c2cc3c(=O)n4ccccc4nc3s2)n1. The van der Waals surface area contributed by atoms with E-state index in [1.165, 1.54) is 21.8 Å². The van der Waals surface area contributed by atoms with Crippen LogP contribution >= 0.6 is 22.7 Å². The number of thiazole rings is 1. The van der Waals surface area contributed by atoms with Gasteiger partial charge in [-0.25, -0.2) is 9.97 Å². The maximum atomic E-state index is 12.6. The van der Waals surface area contributed by atoms with Crippen LogP contribution in [0, 0.1) is 0 Å². The number of carbonyl (C=O) groups is 2. The van der Waals surface area contributed by atoms with Crippen molar-refractivity contribution in [3.05, 3.63) is 56.8 Å². The first-order valence-electron chi connectivity index (χ1n) is 8.37. The van der Waals surface area contributed by atoms with Crippen LogP contribution in [0.1, 0.15) is 22.3 Å². The van der Waals surface area contributed by atoms with Gasteiger partial charge in [-0.1, -0.05) is 6.07 Å². The number of esters is 1. The maximum Gasteiger partial charge on any atom is 0.311 e. The molecule has 4 rings (SSSR count). The molecule has 4 aromatic rings. The first kappa shape index (κ1) is 18.3. The van der Waals surface area contributed by atoms with E-state index in [-0.39, 0.29) is 23.9 Å². The molecule has 0 aromatic carbocycles. The third-order valence-corrected chi connectivity index (χ3v) is 5.68. The Hall–Kier alpha value is -3.11. The number of nitrogens with zero attached hydrogens (tertiary/aromatic N) is 3. The predicted octanol–water partition coefficient (Wildman–Crippen LogP) is 2.72. The van der Waals surface area contributed by atoms with Crippen molar-refractivity contribution in [2.24, 2.45) is 0 Å². The van der Waals surface area contributed by atoms with Crippen molar-refractivity contribution in [3.8, 4) is 0 Å². The van der Waals surface area contributed by atoms with Crippen LogP contribution in [0.4, 0.5) is 5.13 Å². The Kier molecular flexibility index (Phi) is 4.88. The summed E-state index contributed by atoms with van der Waals surface area (Å²) in [5, 5.41) is 5.15. The van der Waals surface area contributed by atoms with Crippen molar-refractivity contribution in [3.63, 3.8) is 0 Å². The molecule has 0 aliphatic rings. The molecule has 0 radical (unpaired) electrons. The maximum absolute atomic E-state index is 12.6. The molecule has 0 saturated heterocycles. The summed E-state index contributed by atoms with van der Waals surface area (Å²) in [5.74, 6) is -0.748. The molecular weight excluding hydrogens is 400 g/mol. The van der Waals surface area contributed by atoms with Crippen LogP contribution in [-0.2, 0) is 16.0 Å². The molecule has 0 unspecified atom stereocenters. The molecule has 10 heteroatoms. The minimum Gasteiger partial charge on any atom is -0.466 e. The van der Waals surface area contributed by atoms with Crippen LogP contribution in [0.5, 0.6) is 0 Å². The molecule has 0 aliphatic carbocycles. The van der Waals surface area contributed by atoms with Crippen LogP contribution in [0.3, 0.4) is 0 Å². The number of thiophene rings is 1. The van der Waals surface area contributed by atoms with Gasteiger partial charge in [-0.3, -0.25) is 24.1 Å². The largest absolute Gasteiger partial charge is 0.466 e. The zero-order chi connectivity index (χ0) is 19.7. The molecule has 1 amide bonds. The molecular formula is C18H14N4O4S2. The van der Waals surface area contributed by atoms with E-state index in [0.29, 0.717) is 38.2 Å². The lowest BCUT2D eigenvalue weighted by Crippen LogP contribution is -2.13. The number of aromatic nitrogens is 3. The molecule has 0 aliphatic heterocycles. The first-order valence-corrected chi connectivity index (χ1v) is 10.1. The summed E-state index contributed by atoms with van der Waals surface area (Å²) in [4.78, 5) is 46.2. The molecule has 0 atom stereocenters. The Balaban J connectivity index is 1.57. The minimum atomic E-state index is -0.381. The number of nitrogens with one attached hydrogen (secondary N) is 1. The molecule has 8 nitrogen and oxygen atoms in total. The molecule has 0 bridgehead atoms. The van der Waals surface area contributed by atoms with E-state index in [4.69, 9.17) is 4.74 Å². The standard InChI is InChI=1S/C18H14N4O4S2/c1-2-26-14(23)7-10-9-27-18(19-10)21-15(24)12-8-11-16(28-12)20-13-5-3-4-6-22(13)17(11)25/h3-6,8-9H,2,7H2,1H3,(H,19,21,24). The van der Waals surface area contributed by atoms with Crippen LogP contribution in [0.2, 0.25) is 0 Å². The number of rotatable bonds is 5. The zero-order valence-corrected chi connectivity index (χ0v) is 16.3. The second-order valence-corrected chi connectivity index (χ2v) is 7.64. The summed E-state index contributed by atoms with van der Waals surface area (Å²) in [6.07, 6.45) is 1.69. The highest BCUT2D eigenvalue weighted by atomic mass is 32.1. The van der Waals surface area contributed by atoms with Crippen LogP contribution in [-0.4, -0.2) is 32.9 Å². The Morgan fingerprint density at radius 1 is 1.29 bits per heavy atom. The van der Waals surface area contributed by atoms with Crippen molar-refractivity contribution >= 4 is 55.5 Å². The number of ether oxygens (including phenoxy) is 1. The molecule has 4 heterocycles. The average Bonchev–Trinajstić information content (AvgIpc) is 3.29. The summed E-state index contributed by atoms with van der Waals surface area (Å²) in [6.45, 7) is 2.04. The molecule has 0 saturated carbocycles. The van der Waals surface area contributed by atoms with Crippen molar-refractivity contribution in [2.45, 2.75) is 13.3 Å². The number of hydrogen-bond acceptors (Lipinski definition) is 8. The van der Waals surface area contributed by atoms with E-state index in [0.717, 1.165) is 11.3 Å². The second-order valence-electron chi connectivity index (χ2n) is 5.76. The Labute approximate surface area is 166 Å². The number of hydrogen-bond donors (Lipinski definition) is 1. The van der Waals surface area contributed by atoms with Gasteiger partial charge in [0.25, 0.3) is 11.5 Å². The summed E-state index contributed by atoms with van der Waals surface area (Å²) < 4.78 is 6.33. The van der Waals surface area contributed by atoms with Crippen molar-refractivity contribution in [1.29, 1.82) is 0 Å². The highest BCUT2D eigenvalue weighted by molar-refractivity contribution is 7.20. The third kappa shape index (κ3) is 3.51. The predicted molar refractivity (Wildman–Crippen MR) is 107 cm³/mol. The van der Waals surface area contributed by atoms with E-state index >= 15 is 0 Å². The van der Waals surface area contributed by atoms with E-state index in [1.807, 2.05) is 0 Å².